The molecule has 0 spiro atoms. The van der Waals surface area contributed by atoms with E-state index in [0.717, 1.165) is 0 Å². The van der Waals surface area contributed by atoms with E-state index < -0.39 is 11.9 Å². The molecular weight excluding hydrogens is 168 g/mol. The van der Waals surface area contributed by atoms with Crippen LogP contribution in [0.4, 0.5) is 0 Å². The minimum absolute atomic E-state index is 0.316. The van der Waals surface area contributed by atoms with Crippen LogP contribution in [0.15, 0.2) is 11.1 Å². The van der Waals surface area contributed by atoms with E-state index in [1.165, 1.54) is 0 Å². The Bertz CT molecular complexity index is 279. The van der Waals surface area contributed by atoms with Crippen molar-refractivity contribution in [2.75, 3.05) is 0 Å². The van der Waals surface area contributed by atoms with Crippen LogP contribution in [0.3, 0.4) is 0 Å². The number of cyclic esters (lactones) is 2. The highest BCUT2D eigenvalue weighted by Gasteiger charge is 2.40. The molecule has 0 aromatic heterocycles. The molecule has 0 N–H and O–H groups in total. The second-order valence-corrected chi connectivity index (χ2v) is 3.10. The summed E-state index contributed by atoms with van der Waals surface area (Å²) < 4.78 is 4.36. The van der Waals surface area contributed by atoms with E-state index in [4.69, 9.17) is 11.6 Å². The van der Waals surface area contributed by atoms with Gasteiger partial charge in [-0.2, -0.15) is 0 Å². The first-order chi connectivity index (χ1) is 5.20. The van der Waals surface area contributed by atoms with Crippen LogP contribution >= 0.6 is 11.6 Å². The molecule has 0 aromatic carbocycles. The van der Waals surface area contributed by atoms with Crippen molar-refractivity contribution in [2.45, 2.75) is 18.2 Å². The van der Waals surface area contributed by atoms with Crippen LogP contribution in [0.2, 0.25) is 0 Å². The molecule has 1 aliphatic heterocycles. The molecule has 0 amide bonds. The van der Waals surface area contributed by atoms with Gasteiger partial charge in [0.1, 0.15) is 0 Å². The summed E-state index contributed by atoms with van der Waals surface area (Å²) in [4.78, 5) is 21.7. The van der Waals surface area contributed by atoms with Crippen molar-refractivity contribution in [3.63, 3.8) is 0 Å². The molecule has 3 nitrogen and oxygen atoms in total. The smallest absolute Gasteiger partial charge is 0.343 e. The van der Waals surface area contributed by atoms with Crippen LogP contribution in [-0.2, 0) is 14.3 Å². The molecule has 1 aliphatic carbocycles. The van der Waals surface area contributed by atoms with Gasteiger partial charge in [-0.25, -0.2) is 9.59 Å². The SMILES string of the molecule is O=C1OC(=O)C2=C1CCC2Cl. The molecule has 1 atom stereocenters. The van der Waals surface area contributed by atoms with E-state index in [-0.39, 0.29) is 5.38 Å². The lowest BCUT2D eigenvalue weighted by Crippen LogP contribution is -2.09. The molecule has 0 fully saturated rings. The molecule has 4 heteroatoms. The Morgan fingerprint density at radius 1 is 1.36 bits per heavy atom. The molecule has 58 valence electrons. The fourth-order valence-corrected chi connectivity index (χ4v) is 1.73. The Balaban J connectivity index is 2.46. The maximum atomic E-state index is 10.9. The molecule has 0 bridgehead atoms. The van der Waals surface area contributed by atoms with Gasteiger partial charge in [-0.3, -0.25) is 0 Å². The highest BCUT2D eigenvalue weighted by atomic mass is 35.5. The first kappa shape index (κ1) is 6.85. The average molecular weight is 173 g/mol. The normalized spacial score (nSPS) is 29.4. The zero-order valence-corrected chi connectivity index (χ0v) is 6.35. The lowest BCUT2D eigenvalue weighted by molar-refractivity contribution is -0.151. The third-order valence-electron chi connectivity index (χ3n) is 1.94. The number of hydrogen-bond acceptors (Lipinski definition) is 3. The third kappa shape index (κ3) is 0.807. The molecule has 0 saturated carbocycles. The van der Waals surface area contributed by atoms with Crippen molar-refractivity contribution < 1.29 is 14.3 Å². The minimum Gasteiger partial charge on any atom is -0.386 e. The van der Waals surface area contributed by atoms with E-state index in [1.54, 1.807) is 0 Å². The maximum Gasteiger partial charge on any atom is 0.343 e. The van der Waals surface area contributed by atoms with Crippen molar-refractivity contribution in [1.29, 1.82) is 0 Å². The molecule has 0 aromatic rings. The standard InChI is InChI=1S/C7H5ClO3/c8-4-2-1-3-5(4)7(10)11-6(3)9/h4H,1-2H2. The number of carbonyl (C=O) groups excluding carboxylic acids is 2. The Morgan fingerprint density at radius 3 is 2.73 bits per heavy atom. The molecule has 0 saturated heterocycles. The van der Waals surface area contributed by atoms with Crippen molar-refractivity contribution in [3.8, 4) is 0 Å². The molecule has 1 unspecified atom stereocenters. The van der Waals surface area contributed by atoms with E-state index >= 15 is 0 Å². The first-order valence-electron chi connectivity index (χ1n) is 3.34. The van der Waals surface area contributed by atoms with Crippen LogP contribution in [0.5, 0.6) is 0 Å². The summed E-state index contributed by atoms with van der Waals surface area (Å²) in [6.45, 7) is 0. The summed E-state index contributed by atoms with van der Waals surface area (Å²) in [5.74, 6) is -1.06. The third-order valence-corrected chi connectivity index (χ3v) is 2.37. The lowest BCUT2D eigenvalue weighted by Gasteiger charge is -1.99. The number of carbonyl (C=O) groups is 2. The molecule has 2 aliphatic rings. The van der Waals surface area contributed by atoms with Crippen LogP contribution < -0.4 is 0 Å². The number of alkyl halides is 1. The fraction of sp³-hybridized carbons (Fsp3) is 0.429. The molecular formula is C7H5ClO3. The summed E-state index contributed by atoms with van der Waals surface area (Å²) in [6, 6.07) is 0. The summed E-state index contributed by atoms with van der Waals surface area (Å²) >= 11 is 5.76. The molecule has 2 rings (SSSR count). The second-order valence-electron chi connectivity index (χ2n) is 2.58. The number of esters is 2. The summed E-state index contributed by atoms with van der Waals surface area (Å²) in [7, 11) is 0. The van der Waals surface area contributed by atoms with Crippen LogP contribution in [0, 0.1) is 0 Å². The summed E-state index contributed by atoms with van der Waals surface area (Å²) in [6.07, 6.45) is 1.25. The van der Waals surface area contributed by atoms with Gasteiger partial charge >= 0.3 is 11.9 Å². The van der Waals surface area contributed by atoms with Gasteiger partial charge in [0.25, 0.3) is 0 Å². The molecule has 11 heavy (non-hydrogen) atoms. The fourth-order valence-electron chi connectivity index (χ4n) is 1.40. The van der Waals surface area contributed by atoms with Crippen molar-refractivity contribution in [2.24, 2.45) is 0 Å². The molecule has 1 heterocycles. The average Bonchev–Trinajstić information content (AvgIpc) is 2.41. The second kappa shape index (κ2) is 2.08. The Labute approximate surface area is 68.0 Å². The van der Waals surface area contributed by atoms with E-state index in [1.807, 2.05) is 0 Å². The van der Waals surface area contributed by atoms with Crippen LogP contribution in [-0.4, -0.2) is 17.3 Å². The summed E-state index contributed by atoms with van der Waals surface area (Å²) in [5.41, 5.74) is 0.867. The van der Waals surface area contributed by atoms with Crippen molar-refractivity contribution in [1.82, 2.24) is 0 Å². The topological polar surface area (TPSA) is 43.4 Å². The van der Waals surface area contributed by atoms with E-state index in [0.29, 0.717) is 24.0 Å². The monoisotopic (exact) mass is 172 g/mol. The van der Waals surface area contributed by atoms with Gasteiger partial charge in [-0.05, 0) is 12.8 Å². The van der Waals surface area contributed by atoms with Crippen LogP contribution in [0.25, 0.3) is 0 Å². The van der Waals surface area contributed by atoms with E-state index in [2.05, 4.69) is 4.74 Å². The Morgan fingerprint density at radius 2 is 2.09 bits per heavy atom. The number of halogens is 1. The van der Waals surface area contributed by atoms with Gasteiger partial charge in [0.2, 0.25) is 0 Å². The van der Waals surface area contributed by atoms with Gasteiger partial charge < -0.3 is 4.74 Å². The lowest BCUT2D eigenvalue weighted by atomic mass is 10.2. The predicted molar refractivity (Wildman–Crippen MR) is 37.0 cm³/mol. The number of rotatable bonds is 0. The van der Waals surface area contributed by atoms with Gasteiger partial charge in [-0.1, -0.05) is 0 Å². The quantitative estimate of drug-likeness (QED) is 0.308. The van der Waals surface area contributed by atoms with Gasteiger partial charge in [0, 0.05) is 5.57 Å². The number of hydrogen-bond donors (Lipinski definition) is 0. The van der Waals surface area contributed by atoms with Crippen LogP contribution in [0.1, 0.15) is 12.8 Å². The van der Waals surface area contributed by atoms with Gasteiger partial charge in [0.05, 0.1) is 11.0 Å². The maximum absolute atomic E-state index is 10.9. The predicted octanol–water partition coefficient (Wildman–Crippen LogP) is 0.768. The molecule has 0 radical (unpaired) electrons. The zero-order valence-electron chi connectivity index (χ0n) is 5.59. The minimum atomic E-state index is -0.553. The van der Waals surface area contributed by atoms with Crippen molar-refractivity contribution in [3.05, 3.63) is 11.1 Å². The van der Waals surface area contributed by atoms with E-state index in [9.17, 15) is 9.59 Å². The van der Waals surface area contributed by atoms with Gasteiger partial charge in [-0.15, -0.1) is 11.6 Å². The Hall–Kier alpha value is -0.830. The number of ether oxygens (including phenoxy) is 1. The zero-order chi connectivity index (χ0) is 8.01. The van der Waals surface area contributed by atoms with Gasteiger partial charge in [0.15, 0.2) is 0 Å². The Kier molecular flexibility index (Phi) is 1.29. The largest absolute Gasteiger partial charge is 0.386 e. The summed E-state index contributed by atoms with van der Waals surface area (Å²) in [5, 5.41) is -0.316. The first-order valence-corrected chi connectivity index (χ1v) is 3.77. The highest BCUT2D eigenvalue weighted by molar-refractivity contribution is 6.29. The highest BCUT2D eigenvalue weighted by Crippen LogP contribution is 2.35. The van der Waals surface area contributed by atoms with Crippen molar-refractivity contribution >= 4 is 23.5 Å².